The van der Waals surface area contributed by atoms with Crippen LogP contribution in [0, 0.1) is 5.41 Å². The van der Waals surface area contributed by atoms with Gasteiger partial charge in [-0.25, -0.2) is 4.98 Å². The fourth-order valence-corrected chi connectivity index (χ4v) is 5.13. The first-order valence-corrected chi connectivity index (χ1v) is 8.97. The van der Waals surface area contributed by atoms with Gasteiger partial charge in [-0.05, 0) is 43.9 Å². The first-order chi connectivity index (χ1) is 9.80. The van der Waals surface area contributed by atoms with Crippen molar-refractivity contribution in [1.29, 1.82) is 0 Å². The number of hydrogen-bond acceptors (Lipinski definition) is 4. The molecule has 1 saturated heterocycles. The zero-order valence-electron chi connectivity index (χ0n) is 12.1. The van der Waals surface area contributed by atoms with Crippen LogP contribution in [0.2, 0.25) is 0 Å². The molecule has 4 heteroatoms. The Labute approximate surface area is 125 Å². The summed E-state index contributed by atoms with van der Waals surface area (Å²) >= 11 is 1.73. The summed E-state index contributed by atoms with van der Waals surface area (Å²) in [4.78, 5) is 8.45. The number of aliphatic hydroxyl groups is 1. The largest absolute Gasteiger partial charge is 0.391 e. The van der Waals surface area contributed by atoms with Gasteiger partial charge >= 0.3 is 0 Å². The van der Waals surface area contributed by atoms with Crippen molar-refractivity contribution >= 4 is 16.5 Å². The highest BCUT2D eigenvalue weighted by Gasteiger charge is 2.38. The van der Waals surface area contributed by atoms with Gasteiger partial charge in [0.2, 0.25) is 0 Å². The lowest BCUT2D eigenvalue weighted by molar-refractivity contribution is 0.226. The summed E-state index contributed by atoms with van der Waals surface area (Å²) in [6.07, 6.45) is 11.0. The van der Waals surface area contributed by atoms with Crippen LogP contribution < -0.4 is 4.90 Å². The van der Waals surface area contributed by atoms with Crippen LogP contribution in [0.3, 0.4) is 0 Å². The molecule has 1 aromatic rings. The van der Waals surface area contributed by atoms with E-state index in [1.807, 2.05) is 0 Å². The highest BCUT2D eigenvalue weighted by molar-refractivity contribution is 7.15. The van der Waals surface area contributed by atoms with Gasteiger partial charge in [-0.1, -0.05) is 24.2 Å². The Morgan fingerprint density at radius 2 is 1.85 bits per heavy atom. The van der Waals surface area contributed by atoms with Gasteiger partial charge in [0, 0.05) is 19.0 Å². The summed E-state index contributed by atoms with van der Waals surface area (Å²) in [5.41, 5.74) is 1.88. The molecule has 1 aromatic heterocycles. The van der Waals surface area contributed by atoms with Gasteiger partial charge in [0.1, 0.15) is 0 Å². The third-order valence-corrected chi connectivity index (χ3v) is 6.70. The van der Waals surface area contributed by atoms with E-state index in [2.05, 4.69) is 4.90 Å². The van der Waals surface area contributed by atoms with Crippen molar-refractivity contribution in [1.82, 2.24) is 4.98 Å². The lowest BCUT2D eigenvalue weighted by Crippen LogP contribution is -2.38. The minimum atomic E-state index is 0.168. The van der Waals surface area contributed by atoms with Gasteiger partial charge in [0.05, 0.1) is 17.2 Å². The molecule has 1 spiro atoms. The molecule has 0 radical (unpaired) electrons. The molecule has 2 saturated carbocycles. The van der Waals surface area contributed by atoms with E-state index in [-0.39, 0.29) is 6.61 Å². The summed E-state index contributed by atoms with van der Waals surface area (Å²) in [6.45, 7) is 2.51. The fourth-order valence-electron chi connectivity index (χ4n) is 4.07. The molecule has 110 valence electrons. The Morgan fingerprint density at radius 3 is 2.45 bits per heavy atom. The van der Waals surface area contributed by atoms with Gasteiger partial charge in [0.15, 0.2) is 5.13 Å². The summed E-state index contributed by atoms with van der Waals surface area (Å²) in [7, 11) is 0. The molecule has 1 N–H and O–H groups in total. The lowest BCUT2D eigenvalue weighted by atomic mass is 9.77. The molecule has 0 unspecified atom stereocenters. The second-order valence-corrected chi connectivity index (χ2v) is 7.99. The van der Waals surface area contributed by atoms with Crippen LogP contribution in [0.5, 0.6) is 0 Å². The number of hydrogen-bond donors (Lipinski definition) is 1. The van der Waals surface area contributed by atoms with Crippen LogP contribution in [0.4, 0.5) is 5.13 Å². The quantitative estimate of drug-likeness (QED) is 0.923. The van der Waals surface area contributed by atoms with Gasteiger partial charge < -0.3 is 10.0 Å². The second kappa shape index (κ2) is 4.99. The van der Waals surface area contributed by atoms with E-state index in [0.29, 0.717) is 11.3 Å². The topological polar surface area (TPSA) is 36.4 Å². The third-order valence-electron chi connectivity index (χ3n) is 5.58. The van der Waals surface area contributed by atoms with E-state index in [0.717, 1.165) is 4.88 Å². The standard InChI is InChI=1S/C16H24N2OS/c19-11-13-14(12-3-4-12)17-15(20-13)18-9-7-16(8-10-18)5-1-2-6-16/h12,19H,1-11H2. The molecule has 3 aliphatic rings. The van der Waals surface area contributed by atoms with E-state index in [1.54, 1.807) is 11.3 Å². The highest BCUT2D eigenvalue weighted by Crippen LogP contribution is 2.48. The van der Waals surface area contributed by atoms with Gasteiger partial charge in [0.25, 0.3) is 0 Å². The predicted molar refractivity (Wildman–Crippen MR) is 82.4 cm³/mol. The Kier molecular flexibility index (Phi) is 3.26. The molecule has 2 heterocycles. The van der Waals surface area contributed by atoms with Crippen molar-refractivity contribution in [2.45, 2.75) is 63.9 Å². The molecule has 0 amide bonds. The number of thiazole rings is 1. The summed E-state index contributed by atoms with van der Waals surface area (Å²) in [5.74, 6) is 0.646. The first-order valence-electron chi connectivity index (χ1n) is 8.15. The van der Waals surface area contributed by atoms with Crippen LogP contribution in [0.15, 0.2) is 0 Å². The Bertz CT molecular complexity index is 479. The van der Waals surface area contributed by atoms with Crippen molar-refractivity contribution in [3.8, 4) is 0 Å². The Hall–Kier alpha value is -0.610. The Morgan fingerprint density at radius 1 is 1.15 bits per heavy atom. The maximum Gasteiger partial charge on any atom is 0.185 e. The zero-order chi connectivity index (χ0) is 13.6. The van der Waals surface area contributed by atoms with E-state index in [9.17, 15) is 5.11 Å². The molecule has 0 atom stereocenters. The molecule has 3 nitrogen and oxygen atoms in total. The van der Waals surface area contributed by atoms with Crippen molar-refractivity contribution < 1.29 is 5.11 Å². The maximum atomic E-state index is 9.53. The average Bonchev–Trinajstić information content (AvgIpc) is 3.08. The maximum absolute atomic E-state index is 9.53. The second-order valence-electron chi connectivity index (χ2n) is 6.93. The van der Waals surface area contributed by atoms with Crippen LogP contribution in [-0.2, 0) is 6.61 Å². The summed E-state index contributed by atoms with van der Waals surface area (Å²) < 4.78 is 0. The number of nitrogens with zero attached hydrogens (tertiary/aromatic N) is 2. The number of aromatic nitrogens is 1. The van der Waals surface area contributed by atoms with Crippen molar-refractivity contribution in [2.75, 3.05) is 18.0 Å². The van der Waals surface area contributed by atoms with Gasteiger partial charge in [-0.15, -0.1) is 0 Å². The minimum absolute atomic E-state index is 0.168. The summed E-state index contributed by atoms with van der Waals surface area (Å²) in [6, 6.07) is 0. The van der Waals surface area contributed by atoms with Crippen LogP contribution >= 0.6 is 11.3 Å². The lowest BCUT2D eigenvalue weighted by Gasteiger charge is -2.39. The molecule has 0 bridgehead atoms. The van der Waals surface area contributed by atoms with Crippen LogP contribution in [0.1, 0.15) is 67.9 Å². The van der Waals surface area contributed by atoms with E-state index in [1.165, 1.54) is 75.3 Å². The number of aliphatic hydroxyl groups excluding tert-OH is 1. The van der Waals surface area contributed by atoms with Crippen LogP contribution in [-0.4, -0.2) is 23.2 Å². The van der Waals surface area contributed by atoms with Crippen molar-refractivity contribution in [3.05, 3.63) is 10.6 Å². The van der Waals surface area contributed by atoms with Crippen LogP contribution in [0.25, 0.3) is 0 Å². The van der Waals surface area contributed by atoms with E-state index >= 15 is 0 Å². The SMILES string of the molecule is OCc1sc(N2CCC3(CCCC3)CC2)nc1C1CC1. The molecule has 2 aliphatic carbocycles. The Balaban J connectivity index is 1.48. The average molecular weight is 292 g/mol. The van der Waals surface area contributed by atoms with E-state index in [4.69, 9.17) is 4.98 Å². The molecule has 20 heavy (non-hydrogen) atoms. The first kappa shape index (κ1) is 13.1. The molecule has 3 fully saturated rings. The normalized spacial score (nSPS) is 25.6. The third kappa shape index (κ3) is 2.27. The van der Waals surface area contributed by atoms with Crippen molar-refractivity contribution in [3.63, 3.8) is 0 Å². The number of rotatable bonds is 3. The molecule has 0 aromatic carbocycles. The smallest absolute Gasteiger partial charge is 0.185 e. The van der Waals surface area contributed by atoms with Crippen molar-refractivity contribution in [2.24, 2.45) is 5.41 Å². The number of anilines is 1. The molecular weight excluding hydrogens is 268 g/mol. The highest BCUT2D eigenvalue weighted by atomic mass is 32.1. The monoisotopic (exact) mass is 292 g/mol. The van der Waals surface area contributed by atoms with Gasteiger partial charge in [-0.3, -0.25) is 0 Å². The zero-order valence-corrected chi connectivity index (χ0v) is 12.9. The minimum Gasteiger partial charge on any atom is -0.391 e. The summed E-state index contributed by atoms with van der Waals surface area (Å²) in [5, 5.41) is 10.7. The fraction of sp³-hybridized carbons (Fsp3) is 0.812. The molecular formula is C16H24N2OS. The van der Waals surface area contributed by atoms with E-state index < -0.39 is 0 Å². The predicted octanol–water partition coefficient (Wildman–Crippen LogP) is 3.67. The van der Waals surface area contributed by atoms with Gasteiger partial charge in [-0.2, -0.15) is 0 Å². The number of piperidine rings is 1. The molecule has 4 rings (SSSR count). The molecule has 1 aliphatic heterocycles.